The van der Waals surface area contributed by atoms with Crippen LogP contribution in [-0.4, -0.2) is 33.3 Å². The van der Waals surface area contributed by atoms with Gasteiger partial charge in [0.15, 0.2) is 5.82 Å². The first-order valence-electron chi connectivity index (χ1n) is 5.91. The standard InChI is InChI=1S/C12H15N5/c1-9-4-2-3-5-11(9)17-15-12(14-16-17)10-6-7-13-8-10/h2-5,10,13H,6-8H2,1H3. The van der Waals surface area contributed by atoms with E-state index in [0.717, 1.165) is 36.6 Å². The summed E-state index contributed by atoms with van der Waals surface area (Å²) >= 11 is 0. The second kappa shape index (κ2) is 4.25. The molecule has 1 atom stereocenters. The third-order valence-electron chi connectivity index (χ3n) is 3.19. The van der Waals surface area contributed by atoms with E-state index in [9.17, 15) is 0 Å². The molecule has 0 bridgehead atoms. The Morgan fingerprint density at radius 2 is 2.24 bits per heavy atom. The van der Waals surface area contributed by atoms with Crippen LogP contribution in [0.25, 0.3) is 5.69 Å². The van der Waals surface area contributed by atoms with E-state index >= 15 is 0 Å². The normalized spacial score (nSPS) is 19.7. The average Bonchev–Trinajstić information content (AvgIpc) is 3.00. The van der Waals surface area contributed by atoms with Gasteiger partial charge >= 0.3 is 0 Å². The molecule has 1 N–H and O–H groups in total. The number of hydrogen-bond donors (Lipinski definition) is 1. The summed E-state index contributed by atoms with van der Waals surface area (Å²) in [4.78, 5) is 1.63. The van der Waals surface area contributed by atoms with Crippen LogP contribution >= 0.6 is 0 Å². The predicted octanol–water partition coefficient (Wildman–Crippen LogP) is 1.05. The lowest BCUT2D eigenvalue weighted by molar-refractivity contribution is 0.686. The fraction of sp³-hybridized carbons (Fsp3) is 0.417. The molecule has 0 spiro atoms. The number of para-hydroxylation sites is 1. The number of nitrogens with one attached hydrogen (secondary N) is 1. The molecule has 5 heteroatoms. The summed E-state index contributed by atoms with van der Waals surface area (Å²) in [7, 11) is 0. The first kappa shape index (κ1) is 10.4. The van der Waals surface area contributed by atoms with Gasteiger partial charge in [-0.05, 0) is 36.7 Å². The molecule has 3 rings (SSSR count). The molecule has 17 heavy (non-hydrogen) atoms. The summed E-state index contributed by atoms with van der Waals surface area (Å²) in [5, 5.41) is 16.1. The van der Waals surface area contributed by atoms with E-state index in [-0.39, 0.29) is 0 Å². The van der Waals surface area contributed by atoms with Crippen molar-refractivity contribution in [2.75, 3.05) is 13.1 Å². The van der Waals surface area contributed by atoms with Crippen molar-refractivity contribution in [2.24, 2.45) is 0 Å². The smallest absolute Gasteiger partial charge is 0.179 e. The molecule has 1 saturated heterocycles. The van der Waals surface area contributed by atoms with E-state index in [1.54, 1.807) is 4.80 Å². The Morgan fingerprint density at radius 3 is 3.00 bits per heavy atom. The molecule has 88 valence electrons. The van der Waals surface area contributed by atoms with Gasteiger partial charge in [0.25, 0.3) is 0 Å². The monoisotopic (exact) mass is 229 g/mol. The van der Waals surface area contributed by atoms with Crippen molar-refractivity contribution in [3.05, 3.63) is 35.7 Å². The van der Waals surface area contributed by atoms with E-state index in [2.05, 4.69) is 33.7 Å². The number of benzene rings is 1. The topological polar surface area (TPSA) is 55.6 Å². The zero-order valence-electron chi connectivity index (χ0n) is 9.80. The second-order valence-corrected chi connectivity index (χ2v) is 4.41. The summed E-state index contributed by atoms with van der Waals surface area (Å²) in [6, 6.07) is 8.06. The Kier molecular flexibility index (Phi) is 2.60. The molecule has 1 aliphatic rings. The van der Waals surface area contributed by atoms with Crippen LogP contribution in [0.2, 0.25) is 0 Å². The van der Waals surface area contributed by atoms with Crippen LogP contribution in [0.1, 0.15) is 23.7 Å². The quantitative estimate of drug-likeness (QED) is 0.836. The fourth-order valence-electron chi connectivity index (χ4n) is 2.15. The molecule has 1 unspecified atom stereocenters. The Labute approximate surface area is 99.8 Å². The van der Waals surface area contributed by atoms with Crippen LogP contribution in [0.3, 0.4) is 0 Å². The van der Waals surface area contributed by atoms with Gasteiger partial charge in [0.2, 0.25) is 0 Å². The maximum absolute atomic E-state index is 4.48. The van der Waals surface area contributed by atoms with Crippen LogP contribution in [0, 0.1) is 6.92 Å². The number of rotatable bonds is 2. The predicted molar refractivity (Wildman–Crippen MR) is 64.1 cm³/mol. The second-order valence-electron chi connectivity index (χ2n) is 4.41. The van der Waals surface area contributed by atoms with Gasteiger partial charge in [0.05, 0.1) is 5.69 Å². The average molecular weight is 229 g/mol. The maximum Gasteiger partial charge on any atom is 0.179 e. The van der Waals surface area contributed by atoms with Crippen LogP contribution in [-0.2, 0) is 0 Å². The van der Waals surface area contributed by atoms with Gasteiger partial charge in [-0.25, -0.2) is 0 Å². The van der Waals surface area contributed by atoms with Crippen LogP contribution in [0.15, 0.2) is 24.3 Å². The minimum Gasteiger partial charge on any atom is -0.316 e. The highest BCUT2D eigenvalue weighted by molar-refractivity contribution is 5.37. The first-order valence-corrected chi connectivity index (χ1v) is 5.91. The van der Waals surface area contributed by atoms with E-state index in [1.807, 2.05) is 18.2 Å². The summed E-state index contributed by atoms with van der Waals surface area (Å²) < 4.78 is 0. The highest BCUT2D eigenvalue weighted by atomic mass is 15.6. The molecule has 0 saturated carbocycles. The van der Waals surface area contributed by atoms with Gasteiger partial charge in [0, 0.05) is 12.5 Å². The molecule has 1 aromatic heterocycles. The minimum absolute atomic E-state index is 0.410. The lowest BCUT2D eigenvalue weighted by atomic mass is 10.1. The molecule has 1 fully saturated rings. The van der Waals surface area contributed by atoms with Gasteiger partial charge in [-0.2, -0.15) is 0 Å². The minimum atomic E-state index is 0.410. The van der Waals surface area contributed by atoms with E-state index in [1.165, 1.54) is 0 Å². The summed E-state index contributed by atoms with van der Waals surface area (Å²) in [5.74, 6) is 1.26. The summed E-state index contributed by atoms with van der Waals surface area (Å²) in [6.07, 6.45) is 1.10. The number of nitrogens with zero attached hydrogens (tertiary/aromatic N) is 4. The van der Waals surface area contributed by atoms with Crippen LogP contribution in [0.4, 0.5) is 0 Å². The van der Waals surface area contributed by atoms with Gasteiger partial charge in [-0.3, -0.25) is 0 Å². The molecular formula is C12H15N5. The van der Waals surface area contributed by atoms with E-state index < -0.39 is 0 Å². The Balaban J connectivity index is 1.92. The highest BCUT2D eigenvalue weighted by Gasteiger charge is 2.21. The van der Waals surface area contributed by atoms with E-state index in [4.69, 9.17) is 0 Å². The van der Waals surface area contributed by atoms with Crippen molar-refractivity contribution in [3.63, 3.8) is 0 Å². The van der Waals surface area contributed by atoms with Crippen molar-refractivity contribution >= 4 is 0 Å². The largest absolute Gasteiger partial charge is 0.316 e. The Hall–Kier alpha value is -1.75. The van der Waals surface area contributed by atoms with Crippen molar-refractivity contribution < 1.29 is 0 Å². The molecule has 1 aromatic carbocycles. The molecule has 0 aliphatic carbocycles. The van der Waals surface area contributed by atoms with Gasteiger partial charge in [-0.15, -0.1) is 15.0 Å². The number of aryl methyl sites for hydroxylation is 1. The van der Waals surface area contributed by atoms with Crippen molar-refractivity contribution in [1.82, 2.24) is 25.5 Å². The molecule has 0 amide bonds. The summed E-state index contributed by atoms with van der Waals surface area (Å²) in [5.41, 5.74) is 2.15. The maximum atomic E-state index is 4.48. The lowest BCUT2D eigenvalue weighted by Gasteiger charge is -2.02. The number of tetrazole rings is 1. The SMILES string of the molecule is Cc1ccccc1-n1nnc(C2CCNC2)n1. The van der Waals surface area contributed by atoms with Crippen molar-refractivity contribution in [1.29, 1.82) is 0 Å². The van der Waals surface area contributed by atoms with E-state index in [0.29, 0.717) is 5.92 Å². The zero-order chi connectivity index (χ0) is 11.7. The zero-order valence-corrected chi connectivity index (χ0v) is 9.80. The molecule has 2 aromatic rings. The third kappa shape index (κ3) is 1.93. The van der Waals surface area contributed by atoms with Crippen LogP contribution < -0.4 is 5.32 Å². The number of aromatic nitrogens is 4. The summed E-state index contributed by atoms with van der Waals surface area (Å²) in [6.45, 7) is 4.05. The molecule has 2 heterocycles. The first-order chi connectivity index (χ1) is 8.34. The lowest BCUT2D eigenvalue weighted by Crippen LogP contribution is -2.09. The van der Waals surface area contributed by atoms with Gasteiger partial charge in [-0.1, -0.05) is 18.2 Å². The molecule has 5 nitrogen and oxygen atoms in total. The van der Waals surface area contributed by atoms with Crippen molar-refractivity contribution in [2.45, 2.75) is 19.3 Å². The fourth-order valence-corrected chi connectivity index (χ4v) is 2.15. The van der Waals surface area contributed by atoms with Crippen molar-refractivity contribution in [3.8, 4) is 5.69 Å². The third-order valence-corrected chi connectivity index (χ3v) is 3.19. The molecule has 1 aliphatic heterocycles. The van der Waals surface area contributed by atoms with Gasteiger partial charge in [0.1, 0.15) is 0 Å². The Morgan fingerprint density at radius 1 is 1.35 bits per heavy atom. The van der Waals surface area contributed by atoms with Crippen LogP contribution in [0.5, 0.6) is 0 Å². The molecular weight excluding hydrogens is 214 g/mol. The Bertz CT molecular complexity index is 513. The molecule has 0 radical (unpaired) electrons. The van der Waals surface area contributed by atoms with Gasteiger partial charge < -0.3 is 5.32 Å². The highest BCUT2D eigenvalue weighted by Crippen LogP contribution is 2.18. The number of hydrogen-bond acceptors (Lipinski definition) is 4.